The molecule has 0 saturated heterocycles. The maximum Gasteiger partial charge on any atom is 0.262 e. The van der Waals surface area contributed by atoms with E-state index in [-0.39, 0.29) is 11.8 Å². The van der Waals surface area contributed by atoms with Crippen LogP contribution in [0.4, 0.5) is 0 Å². The van der Waals surface area contributed by atoms with E-state index in [0.29, 0.717) is 12.4 Å². The molecule has 0 aliphatic rings. The molecule has 0 aliphatic carbocycles. The first-order valence-corrected chi connectivity index (χ1v) is 14.8. The molecule has 1 atom stereocenters. The number of benzene rings is 4. The van der Waals surface area contributed by atoms with Crippen molar-refractivity contribution in [2.45, 2.75) is 32.4 Å². The molecule has 0 radical (unpaired) electrons. The summed E-state index contributed by atoms with van der Waals surface area (Å²) in [6, 6.07) is 31.9. The highest BCUT2D eigenvalue weighted by molar-refractivity contribution is 9.11. The van der Waals surface area contributed by atoms with Crippen molar-refractivity contribution in [3.05, 3.63) is 134 Å². The first-order chi connectivity index (χ1) is 19.8. The molecule has 0 spiro atoms. The molecule has 0 aromatic heterocycles. The standard InChI is InChI=1S/C33H31Br2N3O3/c1-22(2)30(37-32(39)29(25-14-8-4-9-15-25)26-16-10-5-11-17-26)33(40)38-36-20-24-18-27(34)31(28(35)19-24)41-21-23-12-6-3-7-13-23/h3-20,22,29-30H,21H2,1-2H3,(H,37,39)(H,38,40)/b36-20-/t30-/m1/s1. The number of amides is 2. The van der Waals surface area contributed by atoms with Gasteiger partial charge in [-0.3, -0.25) is 9.59 Å². The molecule has 2 amide bonds. The molecule has 210 valence electrons. The summed E-state index contributed by atoms with van der Waals surface area (Å²) in [5.74, 6) is -0.688. The molecule has 41 heavy (non-hydrogen) atoms. The van der Waals surface area contributed by atoms with E-state index in [1.165, 1.54) is 0 Å². The normalized spacial score (nSPS) is 12.0. The minimum absolute atomic E-state index is 0.161. The van der Waals surface area contributed by atoms with Crippen molar-refractivity contribution in [1.82, 2.24) is 10.7 Å². The first kappa shape index (κ1) is 30.2. The number of nitrogens with one attached hydrogen (secondary N) is 2. The summed E-state index contributed by atoms with van der Waals surface area (Å²) in [6.07, 6.45) is 1.55. The predicted molar refractivity (Wildman–Crippen MR) is 170 cm³/mol. The molecule has 0 saturated carbocycles. The molecule has 8 heteroatoms. The summed E-state index contributed by atoms with van der Waals surface area (Å²) in [7, 11) is 0. The zero-order valence-electron chi connectivity index (χ0n) is 22.8. The van der Waals surface area contributed by atoms with Gasteiger partial charge < -0.3 is 10.1 Å². The number of carbonyl (C=O) groups excluding carboxylic acids is 2. The third-order valence-corrected chi connectivity index (χ3v) is 7.59. The molecule has 4 rings (SSSR count). The van der Waals surface area contributed by atoms with Gasteiger partial charge in [0, 0.05) is 0 Å². The van der Waals surface area contributed by atoms with Crippen molar-refractivity contribution in [2.24, 2.45) is 11.0 Å². The van der Waals surface area contributed by atoms with Crippen LogP contribution < -0.4 is 15.5 Å². The Morgan fingerprint density at radius 3 is 1.83 bits per heavy atom. The Balaban J connectivity index is 1.42. The number of halogens is 2. The van der Waals surface area contributed by atoms with Gasteiger partial charge >= 0.3 is 0 Å². The van der Waals surface area contributed by atoms with Gasteiger partial charge in [0.1, 0.15) is 18.4 Å². The molecule has 2 N–H and O–H groups in total. The lowest BCUT2D eigenvalue weighted by atomic mass is 9.89. The van der Waals surface area contributed by atoms with Crippen molar-refractivity contribution in [1.29, 1.82) is 0 Å². The second-order valence-corrected chi connectivity index (χ2v) is 11.5. The molecule has 0 heterocycles. The van der Waals surface area contributed by atoms with Gasteiger partial charge in [0.05, 0.1) is 21.1 Å². The fourth-order valence-electron chi connectivity index (χ4n) is 4.32. The zero-order chi connectivity index (χ0) is 29.2. The van der Waals surface area contributed by atoms with Crippen molar-refractivity contribution in [3.63, 3.8) is 0 Å². The van der Waals surface area contributed by atoms with Crippen LogP contribution in [0, 0.1) is 5.92 Å². The summed E-state index contributed by atoms with van der Waals surface area (Å²) in [5, 5.41) is 7.12. The summed E-state index contributed by atoms with van der Waals surface area (Å²) in [6.45, 7) is 4.20. The van der Waals surface area contributed by atoms with E-state index in [4.69, 9.17) is 4.74 Å². The van der Waals surface area contributed by atoms with Crippen LogP contribution in [0.2, 0.25) is 0 Å². The average molecular weight is 677 g/mol. The SMILES string of the molecule is CC(C)[C@@H](NC(=O)C(c1ccccc1)c1ccccc1)C(=O)N/N=C\c1cc(Br)c(OCc2ccccc2)c(Br)c1. The number of carbonyl (C=O) groups is 2. The lowest BCUT2D eigenvalue weighted by Gasteiger charge is -2.24. The van der Waals surface area contributed by atoms with E-state index in [2.05, 4.69) is 47.7 Å². The highest BCUT2D eigenvalue weighted by Crippen LogP contribution is 2.35. The Kier molecular flexibility index (Phi) is 10.9. The second kappa shape index (κ2) is 14.8. The molecule has 0 unspecified atom stereocenters. The van der Waals surface area contributed by atoms with E-state index in [1.54, 1.807) is 6.21 Å². The molecule has 0 fully saturated rings. The van der Waals surface area contributed by atoms with Gasteiger partial charge in [0.2, 0.25) is 5.91 Å². The second-order valence-electron chi connectivity index (χ2n) is 9.81. The fraction of sp³-hybridized carbons (Fsp3) is 0.182. The van der Waals surface area contributed by atoms with Gasteiger partial charge in [-0.15, -0.1) is 0 Å². The molecular weight excluding hydrogens is 646 g/mol. The number of hydrogen-bond donors (Lipinski definition) is 2. The summed E-state index contributed by atoms with van der Waals surface area (Å²) in [5.41, 5.74) is 6.10. The van der Waals surface area contributed by atoms with Crippen LogP contribution in [0.5, 0.6) is 5.75 Å². The van der Waals surface area contributed by atoms with Crippen LogP contribution in [0.1, 0.15) is 42.0 Å². The van der Waals surface area contributed by atoms with Crippen LogP contribution >= 0.6 is 31.9 Å². The minimum Gasteiger partial charge on any atom is -0.487 e. The van der Waals surface area contributed by atoms with Crippen molar-refractivity contribution < 1.29 is 14.3 Å². The summed E-state index contributed by atoms with van der Waals surface area (Å²) < 4.78 is 7.47. The van der Waals surface area contributed by atoms with Crippen molar-refractivity contribution in [2.75, 3.05) is 0 Å². The van der Waals surface area contributed by atoms with Crippen LogP contribution in [-0.2, 0) is 16.2 Å². The van der Waals surface area contributed by atoms with Gasteiger partial charge in [-0.2, -0.15) is 5.10 Å². The number of nitrogens with zero attached hydrogens (tertiary/aromatic N) is 1. The third kappa shape index (κ3) is 8.38. The zero-order valence-corrected chi connectivity index (χ0v) is 25.9. The first-order valence-electron chi connectivity index (χ1n) is 13.2. The number of rotatable bonds is 11. The van der Waals surface area contributed by atoms with Crippen LogP contribution in [0.3, 0.4) is 0 Å². The molecule has 4 aromatic rings. The maximum atomic E-state index is 13.6. The summed E-state index contributed by atoms with van der Waals surface area (Å²) >= 11 is 7.12. The van der Waals surface area contributed by atoms with Gasteiger partial charge in [-0.05, 0) is 72.2 Å². The van der Waals surface area contributed by atoms with Crippen LogP contribution in [0.15, 0.2) is 117 Å². The smallest absolute Gasteiger partial charge is 0.262 e. The Bertz CT molecular complexity index is 1420. The Morgan fingerprint density at radius 1 is 0.805 bits per heavy atom. The highest BCUT2D eigenvalue weighted by atomic mass is 79.9. The van der Waals surface area contributed by atoms with Crippen molar-refractivity contribution >= 4 is 49.9 Å². The van der Waals surface area contributed by atoms with Gasteiger partial charge in [0.15, 0.2) is 0 Å². The predicted octanol–water partition coefficient (Wildman–Crippen LogP) is 7.21. The lowest BCUT2D eigenvalue weighted by Crippen LogP contribution is -2.50. The summed E-state index contributed by atoms with van der Waals surface area (Å²) in [4.78, 5) is 26.7. The molecule has 4 aromatic carbocycles. The largest absolute Gasteiger partial charge is 0.487 e. The van der Waals surface area contributed by atoms with Gasteiger partial charge in [-0.1, -0.05) is 105 Å². The Hall–Kier alpha value is -3.75. The van der Waals surface area contributed by atoms with Crippen LogP contribution in [-0.4, -0.2) is 24.1 Å². The fourth-order valence-corrected chi connectivity index (χ4v) is 5.77. The van der Waals surface area contributed by atoms with E-state index in [0.717, 1.165) is 31.2 Å². The Morgan fingerprint density at radius 2 is 1.32 bits per heavy atom. The lowest BCUT2D eigenvalue weighted by molar-refractivity contribution is -0.130. The van der Waals surface area contributed by atoms with Gasteiger partial charge in [-0.25, -0.2) is 5.43 Å². The topological polar surface area (TPSA) is 79.8 Å². The van der Waals surface area contributed by atoms with Crippen LogP contribution in [0.25, 0.3) is 0 Å². The maximum absolute atomic E-state index is 13.6. The number of ether oxygens (including phenoxy) is 1. The van der Waals surface area contributed by atoms with E-state index in [9.17, 15) is 9.59 Å². The number of hydrogen-bond acceptors (Lipinski definition) is 4. The van der Waals surface area contributed by atoms with E-state index >= 15 is 0 Å². The third-order valence-electron chi connectivity index (χ3n) is 6.41. The number of hydrazone groups is 1. The van der Waals surface area contributed by atoms with Crippen molar-refractivity contribution in [3.8, 4) is 5.75 Å². The molecule has 0 aliphatic heterocycles. The highest BCUT2D eigenvalue weighted by Gasteiger charge is 2.29. The quantitative estimate of drug-likeness (QED) is 0.130. The molecule has 6 nitrogen and oxygen atoms in total. The van der Waals surface area contributed by atoms with E-state index < -0.39 is 17.9 Å². The Labute approximate surface area is 257 Å². The molecule has 0 bridgehead atoms. The monoisotopic (exact) mass is 675 g/mol. The molecular formula is C33H31Br2N3O3. The van der Waals surface area contributed by atoms with Gasteiger partial charge in [0.25, 0.3) is 5.91 Å². The van der Waals surface area contributed by atoms with E-state index in [1.807, 2.05) is 117 Å². The average Bonchev–Trinajstić information content (AvgIpc) is 2.97. The minimum atomic E-state index is -0.776.